The SMILES string of the molecule is CCNC(=NCc1ccccc1OCC1CC1)NCCN1C(=O)CNC1=O. The number of nitrogens with zero attached hydrogens (tertiary/aromatic N) is 2. The van der Waals surface area contributed by atoms with Gasteiger partial charge in [-0.1, -0.05) is 18.2 Å². The molecule has 0 atom stereocenters. The molecule has 0 unspecified atom stereocenters. The van der Waals surface area contributed by atoms with Gasteiger partial charge in [0, 0.05) is 25.2 Å². The number of nitrogens with one attached hydrogen (secondary N) is 3. The Labute approximate surface area is 159 Å². The molecule has 27 heavy (non-hydrogen) atoms. The van der Waals surface area contributed by atoms with Crippen molar-refractivity contribution in [2.75, 3.05) is 32.8 Å². The number of hydrogen-bond acceptors (Lipinski definition) is 4. The van der Waals surface area contributed by atoms with Crippen molar-refractivity contribution in [2.24, 2.45) is 10.9 Å². The second kappa shape index (κ2) is 9.25. The number of guanidine groups is 1. The molecule has 3 N–H and O–H groups in total. The van der Waals surface area contributed by atoms with Gasteiger partial charge in [0.15, 0.2) is 5.96 Å². The van der Waals surface area contributed by atoms with Crippen LogP contribution in [0.5, 0.6) is 5.75 Å². The summed E-state index contributed by atoms with van der Waals surface area (Å²) < 4.78 is 5.93. The smallest absolute Gasteiger partial charge is 0.324 e. The highest BCUT2D eigenvalue weighted by Crippen LogP contribution is 2.30. The summed E-state index contributed by atoms with van der Waals surface area (Å²) in [5.74, 6) is 2.02. The Kier molecular flexibility index (Phi) is 6.51. The molecule has 1 aromatic rings. The van der Waals surface area contributed by atoms with Gasteiger partial charge in [-0.2, -0.15) is 0 Å². The fourth-order valence-electron chi connectivity index (χ4n) is 2.74. The van der Waals surface area contributed by atoms with Crippen LogP contribution in [0.15, 0.2) is 29.3 Å². The highest BCUT2D eigenvalue weighted by Gasteiger charge is 2.27. The summed E-state index contributed by atoms with van der Waals surface area (Å²) in [6.45, 7) is 4.77. The molecule has 1 heterocycles. The first-order chi connectivity index (χ1) is 13.2. The minimum atomic E-state index is -0.342. The van der Waals surface area contributed by atoms with E-state index in [1.807, 2.05) is 31.2 Å². The number of aliphatic imine (C=N–C) groups is 1. The molecular weight excluding hydrogens is 346 g/mol. The molecule has 3 amide bonds. The third-order valence-electron chi connectivity index (χ3n) is 4.46. The molecule has 1 aliphatic carbocycles. The van der Waals surface area contributed by atoms with Crippen molar-refractivity contribution in [3.63, 3.8) is 0 Å². The van der Waals surface area contributed by atoms with E-state index in [0.717, 1.165) is 24.5 Å². The Morgan fingerprint density at radius 1 is 1.30 bits per heavy atom. The van der Waals surface area contributed by atoms with Crippen molar-refractivity contribution in [1.29, 1.82) is 0 Å². The van der Waals surface area contributed by atoms with E-state index in [1.54, 1.807) is 0 Å². The number of ether oxygens (including phenoxy) is 1. The zero-order valence-electron chi connectivity index (χ0n) is 15.7. The Hall–Kier alpha value is -2.77. The monoisotopic (exact) mass is 373 g/mol. The maximum atomic E-state index is 11.6. The first kappa shape index (κ1) is 19.0. The van der Waals surface area contributed by atoms with Gasteiger partial charge < -0.3 is 20.7 Å². The first-order valence-electron chi connectivity index (χ1n) is 9.48. The van der Waals surface area contributed by atoms with Crippen LogP contribution in [-0.4, -0.2) is 55.6 Å². The maximum Gasteiger partial charge on any atom is 0.324 e. The van der Waals surface area contributed by atoms with Gasteiger partial charge in [-0.25, -0.2) is 9.79 Å². The van der Waals surface area contributed by atoms with Gasteiger partial charge in [0.1, 0.15) is 5.75 Å². The molecular formula is C19H27N5O3. The second-order valence-corrected chi connectivity index (χ2v) is 6.69. The predicted octanol–water partition coefficient (Wildman–Crippen LogP) is 1.08. The third kappa shape index (κ3) is 5.60. The Morgan fingerprint density at radius 2 is 2.11 bits per heavy atom. The van der Waals surface area contributed by atoms with Crippen molar-refractivity contribution in [3.8, 4) is 5.75 Å². The number of benzene rings is 1. The molecule has 8 nitrogen and oxygen atoms in total. The van der Waals surface area contributed by atoms with Crippen molar-refractivity contribution in [1.82, 2.24) is 20.9 Å². The lowest BCUT2D eigenvalue weighted by atomic mass is 10.2. The average molecular weight is 373 g/mol. The number of imide groups is 1. The van der Waals surface area contributed by atoms with E-state index in [1.165, 1.54) is 17.7 Å². The van der Waals surface area contributed by atoms with E-state index in [-0.39, 0.29) is 18.5 Å². The lowest BCUT2D eigenvalue weighted by molar-refractivity contribution is -0.124. The van der Waals surface area contributed by atoms with Crippen molar-refractivity contribution < 1.29 is 14.3 Å². The number of rotatable bonds is 9. The number of urea groups is 1. The minimum Gasteiger partial charge on any atom is -0.493 e. The fourth-order valence-corrected chi connectivity index (χ4v) is 2.74. The standard InChI is InChI=1S/C19H27N5O3/c1-2-20-18(21-9-10-24-17(25)12-23-19(24)26)22-11-15-5-3-4-6-16(15)27-13-14-7-8-14/h3-6,14H,2,7-13H2,1H3,(H,23,26)(H2,20,21,22). The summed E-state index contributed by atoms with van der Waals surface area (Å²) >= 11 is 0. The van der Waals surface area contributed by atoms with Gasteiger partial charge in [-0.05, 0) is 31.7 Å². The third-order valence-corrected chi connectivity index (χ3v) is 4.46. The molecule has 2 aliphatic rings. The van der Waals surface area contributed by atoms with Crippen LogP contribution >= 0.6 is 0 Å². The molecule has 2 fully saturated rings. The molecule has 0 spiro atoms. The van der Waals surface area contributed by atoms with Crippen LogP contribution in [0.4, 0.5) is 4.79 Å². The van der Waals surface area contributed by atoms with Gasteiger partial charge in [-0.3, -0.25) is 9.69 Å². The van der Waals surface area contributed by atoms with Crippen LogP contribution in [0.25, 0.3) is 0 Å². The van der Waals surface area contributed by atoms with Gasteiger partial charge >= 0.3 is 6.03 Å². The van der Waals surface area contributed by atoms with Gasteiger partial charge in [0.2, 0.25) is 5.91 Å². The van der Waals surface area contributed by atoms with E-state index in [2.05, 4.69) is 20.9 Å². The van der Waals surface area contributed by atoms with Crippen LogP contribution in [-0.2, 0) is 11.3 Å². The van der Waals surface area contributed by atoms with Gasteiger partial charge in [0.05, 0.1) is 19.7 Å². The van der Waals surface area contributed by atoms with Crippen LogP contribution in [0, 0.1) is 5.92 Å². The van der Waals surface area contributed by atoms with Crippen molar-refractivity contribution >= 4 is 17.9 Å². The highest BCUT2D eigenvalue weighted by atomic mass is 16.5. The second-order valence-electron chi connectivity index (χ2n) is 6.69. The molecule has 1 saturated heterocycles. The zero-order chi connectivity index (χ0) is 19.1. The van der Waals surface area contributed by atoms with Crippen LogP contribution < -0.4 is 20.7 Å². The Balaban J connectivity index is 1.53. The number of carbonyl (C=O) groups excluding carboxylic acids is 2. The highest BCUT2D eigenvalue weighted by molar-refractivity contribution is 6.01. The topological polar surface area (TPSA) is 95.1 Å². The van der Waals surface area contributed by atoms with Crippen LogP contribution in [0.2, 0.25) is 0 Å². The molecule has 8 heteroatoms. The molecule has 1 saturated carbocycles. The van der Waals surface area contributed by atoms with Crippen LogP contribution in [0.1, 0.15) is 25.3 Å². The molecule has 3 rings (SSSR count). The van der Waals surface area contributed by atoms with E-state index in [0.29, 0.717) is 31.5 Å². The van der Waals surface area contributed by atoms with Crippen molar-refractivity contribution in [3.05, 3.63) is 29.8 Å². The Morgan fingerprint density at radius 3 is 2.81 bits per heavy atom. The molecule has 0 aromatic heterocycles. The first-order valence-corrected chi connectivity index (χ1v) is 9.48. The number of para-hydroxylation sites is 1. The van der Waals surface area contributed by atoms with Crippen molar-refractivity contribution in [2.45, 2.75) is 26.3 Å². The molecule has 146 valence electrons. The summed E-state index contributed by atoms with van der Waals surface area (Å²) in [7, 11) is 0. The molecule has 0 bridgehead atoms. The summed E-state index contributed by atoms with van der Waals surface area (Å²) in [5, 5.41) is 8.85. The predicted molar refractivity (Wildman–Crippen MR) is 103 cm³/mol. The quantitative estimate of drug-likeness (QED) is 0.342. The molecule has 0 radical (unpaired) electrons. The fraction of sp³-hybridized carbons (Fsp3) is 0.526. The molecule has 1 aliphatic heterocycles. The normalized spacial score (nSPS) is 17.1. The average Bonchev–Trinajstić information content (AvgIpc) is 3.45. The summed E-state index contributed by atoms with van der Waals surface area (Å²) in [6, 6.07) is 7.60. The zero-order valence-corrected chi connectivity index (χ0v) is 15.7. The lowest BCUT2D eigenvalue weighted by Gasteiger charge is -2.15. The van der Waals surface area contributed by atoms with E-state index in [4.69, 9.17) is 4.74 Å². The molecule has 1 aromatic carbocycles. The number of hydrogen-bond donors (Lipinski definition) is 3. The number of carbonyl (C=O) groups is 2. The Bertz CT molecular complexity index is 686. The van der Waals surface area contributed by atoms with Gasteiger partial charge in [0.25, 0.3) is 0 Å². The minimum absolute atomic E-state index is 0.0740. The largest absolute Gasteiger partial charge is 0.493 e. The maximum absolute atomic E-state index is 11.6. The lowest BCUT2D eigenvalue weighted by Crippen LogP contribution is -2.43. The summed E-state index contributed by atoms with van der Waals surface area (Å²) in [5.41, 5.74) is 1.03. The van der Waals surface area contributed by atoms with E-state index >= 15 is 0 Å². The summed E-state index contributed by atoms with van der Waals surface area (Å²) in [4.78, 5) is 29.0. The van der Waals surface area contributed by atoms with Crippen LogP contribution in [0.3, 0.4) is 0 Å². The van der Waals surface area contributed by atoms with Gasteiger partial charge in [-0.15, -0.1) is 0 Å². The number of amides is 3. The summed E-state index contributed by atoms with van der Waals surface area (Å²) in [6.07, 6.45) is 2.51. The van der Waals surface area contributed by atoms with E-state index < -0.39 is 0 Å². The van der Waals surface area contributed by atoms with E-state index in [9.17, 15) is 9.59 Å².